The molecular weight excluding hydrogens is 361 g/mol. The second-order valence-electron chi connectivity index (χ2n) is 6.38. The molecule has 1 aliphatic rings. The van der Waals surface area contributed by atoms with Crippen molar-refractivity contribution in [1.82, 2.24) is 9.78 Å². The first kappa shape index (κ1) is 17.7. The van der Waals surface area contributed by atoms with Crippen LogP contribution >= 0.6 is 0 Å². The van der Waals surface area contributed by atoms with Crippen LogP contribution in [-0.4, -0.2) is 22.9 Å². The predicted molar refractivity (Wildman–Crippen MR) is 98.2 cm³/mol. The lowest BCUT2D eigenvalue weighted by Crippen LogP contribution is -2.13. The van der Waals surface area contributed by atoms with Crippen molar-refractivity contribution < 1.29 is 18.7 Å². The number of aromatic nitrogens is 2. The van der Waals surface area contributed by atoms with Crippen molar-refractivity contribution in [3.63, 3.8) is 0 Å². The third kappa shape index (κ3) is 3.09. The molecule has 2 aromatic carbocycles. The SMILES string of the molecule is COc1cc(C#N)ccc1OC(=O)c1nn(-c2ccc(F)cc2)c2c1CCC2. The summed E-state index contributed by atoms with van der Waals surface area (Å²) in [6.45, 7) is 0. The van der Waals surface area contributed by atoms with Gasteiger partial charge < -0.3 is 9.47 Å². The summed E-state index contributed by atoms with van der Waals surface area (Å²) < 4.78 is 25.6. The molecule has 0 N–H and O–H groups in total. The van der Waals surface area contributed by atoms with E-state index in [0.29, 0.717) is 17.0 Å². The fourth-order valence-corrected chi connectivity index (χ4v) is 3.37. The maximum Gasteiger partial charge on any atom is 0.364 e. The molecule has 0 atom stereocenters. The molecule has 0 fully saturated rings. The largest absolute Gasteiger partial charge is 0.493 e. The van der Waals surface area contributed by atoms with Gasteiger partial charge in [0.1, 0.15) is 5.82 Å². The molecule has 0 aliphatic heterocycles. The molecule has 0 bridgehead atoms. The molecule has 1 aromatic heterocycles. The van der Waals surface area contributed by atoms with Crippen LogP contribution in [0.4, 0.5) is 4.39 Å². The van der Waals surface area contributed by atoms with Gasteiger partial charge in [-0.2, -0.15) is 10.4 Å². The zero-order chi connectivity index (χ0) is 19.7. The Morgan fingerprint density at radius 2 is 1.96 bits per heavy atom. The van der Waals surface area contributed by atoms with Crippen LogP contribution in [0, 0.1) is 17.1 Å². The number of carbonyl (C=O) groups is 1. The molecule has 7 heteroatoms. The maximum atomic E-state index is 13.2. The zero-order valence-corrected chi connectivity index (χ0v) is 15.1. The van der Waals surface area contributed by atoms with Gasteiger partial charge in [-0.25, -0.2) is 13.9 Å². The standard InChI is InChI=1S/C21H16FN3O3/c1-27-19-11-13(12-23)5-10-18(19)28-21(26)20-16-3-2-4-17(16)25(24-20)15-8-6-14(22)7-9-15/h5-11H,2-4H2,1H3. The van der Waals surface area contributed by atoms with E-state index in [1.807, 2.05) is 6.07 Å². The lowest BCUT2D eigenvalue weighted by atomic mass is 10.2. The van der Waals surface area contributed by atoms with Crippen molar-refractivity contribution in [3.05, 3.63) is 70.8 Å². The van der Waals surface area contributed by atoms with Crippen LogP contribution in [-0.2, 0) is 12.8 Å². The number of halogens is 1. The highest BCUT2D eigenvalue weighted by molar-refractivity contribution is 5.91. The van der Waals surface area contributed by atoms with Gasteiger partial charge in [0.05, 0.1) is 24.4 Å². The van der Waals surface area contributed by atoms with Gasteiger partial charge in [0.15, 0.2) is 17.2 Å². The average Bonchev–Trinajstić information content (AvgIpc) is 3.31. The third-order valence-electron chi connectivity index (χ3n) is 4.69. The summed E-state index contributed by atoms with van der Waals surface area (Å²) in [6.07, 6.45) is 2.42. The van der Waals surface area contributed by atoms with Crippen molar-refractivity contribution in [2.24, 2.45) is 0 Å². The molecule has 0 amide bonds. The Hall–Kier alpha value is -3.66. The first-order valence-electron chi connectivity index (χ1n) is 8.77. The summed E-state index contributed by atoms with van der Waals surface area (Å²) in [4.78, 5) is 12.8. The first-order valence-corrected chi connectivity index (χ1v) is 8.77. The highest BCUT2D eigenvalue weighted by Crippen LogP contribution is 2.31. The van der Waals surface area contributed by atoms with Gasteiger partial charge >= 0.3 is 5.97 Å². The molecule has 3 aromatic rings. The van der Waals surface area contributed by atoms with Gasteiger partial charge in [-0.3, -0.25) is 0 Å². The highest BCUT2D eigenvalue weighted by atomic mass is 19.1. The fraction of sp³-hybridized carbons (Fsp3) is 0.190. The van der Waals surface area contributed by atoms with E-state index in [4.69, 9.17) is 14.7 Å². The molecular formula is C21H16FN3O3. The molecule has 0 spiro atoms. The van der Waals surface area contributed by atoms with E-state index in [1.165, 1.54) is 31.4 Å². The molecule has 28 heavy (non-hydrogen) atoms. The lowest BCUT2D eigenvalue weighted by molar-refractivity contribution is 0.0722. The Kier molecular flexibility index (Phi) is 4.53. The number of fused-ring (bicyclic) bond motifs is 1. The Balaban J connectivity index is 1.69. The van der Waals surface area contributed by atoms with Gasteiger partial charge in [-0.1, -0.05) is 0 Å². The maximum absolute atomic E-state index is 13.2. The van der Waals surface area contributed by atoms with E-state index in [-0.39, 0.29) is 17.3 Å². The second-order valence-corrected chi connectivity index (χ2v) is 6.38. The van der Waals surface area contributed by atoms with E-state index in [0.717, 1.165) is 30.5 Å². The van der Waals surface area contributed by atoms with Crippen molar-refractivity contribution in [2.45, 2.75) is 19.3 Å². The number of hydrogen-bond donors (Lipinski definition) is 0. The minimum atomic E-state index is -0.595. The molecule has 0 saturated heterocycles. The fourth-order valence-electron chi connectivity index (χ4n) is 3.37. The molecule has 0 unspecified atom stereocenters. The summed E-state index contributed by atoms with van der Waals surface area (Å²) in [6, 6.07) is 12.6. The minimum absolute atomic E-state index is 0.217. The third-order valence-corrected chi connectivity index (χ3v) is 4.69. The lowest BCUT2D eigenvalue weighted by Gasteiger charge is -2.09. The Morgan fingerprint density at radius 1 is 1.18 bits per heavy atom. The van der Waals surface area contributed by atoms with Gasteiger partial charge in [0, 0.05) is 17.3 Å². The number of benzene rings is 2. The topological polar surface area (TPSA) is 77.1 Å². The zero-order valence-electron chi connectivity index (χ0n) is 15.1. The number of rotatable bonds is 4. The summed E-state index contributed by atoms with van der Waals surface area (Å²) in [5.41, 5.74) is 3.11. The first-order chi connectivity index (χ1) is 13.6. The molecule has 6 nitrogen and oxygen atoms in total. The number of nitriles is 1. The van der Waals surface area contributed by atoms with Crippen molar-refractivity contribution in [3.8, 4) is 23.3 Å². The van der Waals surface area contributed by atoms with Gasteiger partial charge in [-0.05, 0) is 55.7 Å². The smallest absolute Gasteiger partial charge is 0.364 e. The Bertz CT molecular complexity index is 1100. The highest BCUT2D eigenvalue weighted by Gasteiger charge is 2.28. The summed E-state index contributed by atoms with van der Waals surface area (Å²) in [5, 5.41) is 13.4. The van der Waals surface area contributed by atoms with Crippen LogP contribution in [0.25, 0.3) is 5.69 Å². The van der Waals surface area contributed by atoms with E-state index in [2.05, 4.69) is 5.10 Å². The number of methoxy groups -OCH3 is 1. The normalized spacial score (nSPS) is 12.3. The second kappa shape index (κ2) is 7.16. The number of hydrogen-bond acceptors (Lipinski definition) is 5. The quantitative estimate of drug-likeness (QED) is 0.513. The molecule has 0 saturated carbocycles. The minimum Gasteiger partial charge on any atom is -0.493 e. The summed E-state index contributed by atoms with van der Waals surface area (Å²) in [5.74, 6) is -0.418. The molecule has 1 heterocycles. The van der Waals surface area contributed by atoms with Gasteiger partial charge in [0.2, 0.25) is 0 Å². The number of nitrogens with zero attached hydrogens (tertiary/aromatic N) is 3. The average molecular weight is 377 g/mol. The van der Waals surface area contributed by atoms with E-state index >= 15 is 0 Å². The van der Waals surface area contributed by atoms with Crippen molar-refractivity contribution >= 4 is 5.97 Å². The summed E-state index contributed by atoms with van der Waals surface area (Å²) in [7, 11) is 1.44. The van der Waals surface area contributed by atoms with Gasteiger partial charge in [-0.15, -0.1) is 0 Å². The number of carbonyl (C=O) groups excluding carboxylic acids is 1. The number of ether oxygens (including phenoxy) is 2. The molecule has 4 rings (SSSR count). The monoisotopic (exact) mass is 377 g/mol. The molecule has 0 radical (unpaired) electrons. The van der Waals surface area contributed by atoms with Crippen molar-refractivity contribution in [2.75, 3.05) is 7.11 Å². The number of esters is 1. The predicted octanol–water partition coefficient (Wildman–Crippen LogP) is 3.60. The summed E-state index contributed by atoms with van der Waals surface area (Å²) >= 11 is 0. The Morgan fingerprint density at radius 3 is 2.68 bits per heavy atom. The van der Waals surface area contributed by atoms with Gasteiger partial charge in [0.25, 0.3) is 0 Å². The van der Waals surface area contributed by atoms with E-state index in [9.17, 15) is 9.18 Å². The van der Waals surface area contributed by atoms with E-state index in [1.54, 1.807) is 22.9 Å². The van der Waals surface area contributed by atoms with Crippen LogP contribution in [0.15, 0.2) is 42.5 Å². The van der Waals surface area contributed by atoms with Crippen LogP contribution < -0.4 is 9.47 Å². The van der Waals surface area contributed by atoms with Crippen LogP contribution in [0.1, 0.15) is 33.7 Å². The van der Waals surface area contributed by atoms with E-state index < -0.39 is 5.97 Å². The van der Waals surface area contributed by atoms with Crippen molar-refractivity contribution in [1.29, 1.82) is 5.26 Å². The molecule has 1 aliphatic carbocycles. The van der Waals surface area contributed by atoms with Crippen LogP contribution in [0.5, 0.6) is 11.5 Å². The Labute approximate surface area is 160 Å². The van der Waals surface area contributed by atoms with Crippen LogP contribution in [0.2, 0.25) is 0 Å². The molecule has 140 valence electrons. The van der Waals surface area contributed by atoms with Crippen LogP contribution in [0.3, 0.4) is 0 Å².